The minimum Gasteiger partial charge on any atom is -0.342 e. The van der Waals surface area contributed by atoms with Crippen LogP contribution in [0.5, 0.6) is 0 Å². The summed E-state index contributed by atoms with van der Waals surface area (Å²) in [6.45, 7) is 5.50. The Labute approximate surface area is 155 Å². The van der Waals surface area contributed by atoms with Crippen LogP contribution >= 0.6 is 11.3 Å². The van der Waals surface area contributed by atoms with Crippen LogP contribution in [0.15, 0.2) is 24.3 Å². The molecule has 0 aliphatic carbocycles. The number of hydrogen-bond donors (Lipinski definition) is 1. The van der Waals surface area contributed by atoms with Crippen molar-refractivity contribution in [2.75, 3.05) is 31.5 Å². The van der Waals surface area contributed by atoms with Crippen molar-refractivity contribution in [3.63, 3.8) is 0 Å². The van der Waals surface area contributed by atoms with E-state index in [0.717, 1.165) is 27.5 Å². The molecule has 0 atom stereocenters. The van der Waals surface area contributed by atoms with Crippen LogP contribution in [0.3, 0.4) is 0 Å². The zero-order chi connectivity index (χ0) is 18.7. The molecule has 1 aromatic heterocycles. The monoisotopic (exact) mass is 372 g/mol. The number of aryl methyl sites for hydroxylation is 1. The molecule has 1 saturated heterocycles. The van der Waals surface area contributed by atoms with E-state index in [0.29, 0.717) is 31.9 Å². The van der Waals surface area contributed by atoms with E-state index in [2.05, 4.69) is 10.3 Å². The third kappa shape index (κ3) is 3.91. The van der Waals surface area contributed by atoms with E-state index in [-0.39, 0.29) is 11.8 Å². The normalized spacial score (nSPS) is 14.2. The molecule has 136 valence electrons. The molecule has 2 heterocycles. The van der Waals surface area contributed by atoms with Crippen molar-refractivity contribution in [3.8, 4) is 10.6 Å². The number of carbonyl (C=O) groups excluding carboxylic acids is 3. The molecular weight excluding hydrogens is 352 g/mol. The van der Waals surface area contributed by atoms with Gasteiger partial charge in [-0.3, -0.25) is 14.4 Å². The Bertz CT molecular complexity index is 823. The highest BCUT2D eigenvalue weighted by atomic mass is 32.1. The lowest BCUT2D eigenvalue weighted by Gasteiger charge is -2.32. The molecule has 0 radical (unpaired) electrons. The molecule has 8 heteroatoms. The van der Waals surface area contributed by atoms with E-state index in [9.17, 15) is 14.4 Å². The van der Waals surface area contributed by atoms with E-state index in [1.54, 1.807) is 9.80 Å². The largest absolute Gasteiger partial charge is 0.342 e. The van der Waals surface area contributed by atoms with Gasteiger partial charge in [0.25, 0.3) is 5.91 Å². The third-order valence-electron chi connectivity index (χ3n) is 4.20. The van der Waals surface area contributed by atoms with Crippen molar-refractivity contribution in [3.05, 3.63) is 34.8 Å². The molecule has 1 aromatic carbocycles. The van der Waals surface area contributed by atoms with Crippen LogP contribution in [0.4, 0.5) is 5.69 Å². The van der Waals surface area contributed by atoms with Gasteiger partial charge in [-0.05, 0) is 31.2 Å². The Morgan fingerprint density at radius 3 is 2.38 bits per heavy atom. The standard InChI is InChI=1S/C18H20N4O3S/c1-12-16(18(25)22-9-7-21(11-23)8-10-22)20-17(26-12)14-3-5-15(6-4-14)19-13(2)24/h3-6,11H,7-10H2,1-2H3,(H,19,24). The van der Waals surface area contributed by atoms with Gasteiger partial charge in [0.1, 0.15) is 10.7 Å². The average Bonchev–Trinajstić information content (AvgIpc) is 3.03. The lowest BCUT2D eigenvalue weighted by molar-refractivity contribution is -0.119. The predicted molar refractivity (Wildman–Crippen MR) is 100 cm³/mol. The second-order valence-electron chi connectivity index (χ2n) is 6.12. The highest BCUT2D eigenvalue weighted by Crippen LogP contribution is 2.29. The summed E-state index contributed by atoms with van der Waals surface area (Å²) < 4.78 is 0. The zero-order valence-electron chi connectivity index (χ0n) is 14.7. The Morgan fingerprint density at radius 2 is 1.81 bits per heavy atom. The summed E-state index contributed by atoms with van der Waals surface area (Å²) in [4.78, 5) is 43.5. The van der Waals surface area contributed by atoms with Crippen LogP contribution in [-0.2, 0) is 9.59 Å². The van der Waals surface area contributed by atoms with Gasteiger partial charge >= 0.3 is 0 Å². The number of rotatable bonds is 4. The molecule has 26 heavy (non-hydrogen) atoms. The molecule has 7 nitrogen and oxygen atoms in total. The second kappa shape index (κ2) is 7.65. The molecule has 1 aliphatic heterocycles. The highest BCUT2D eigenvalue weighted by molar-refractivity contribution is 7.15. The fourth-order valence-electron chi connectivity index (χ4n) is 2.80. The topological polar surface area (TPSA) is 82.6 Å². The minimum atomic E-state index is -0.120. The highest BCUT2D eigenvalue weighted by Gasteiger charge is 2.25. The molecule has 2 aromatic rings. The van der Waals surface area contributed by atoms with E-state index in [1.807, 2.05) is 31.2 Å². The maximum Gasteiger partial charge on any atom is 0.273 e. The van der Waals surface area contributed by atoms with Crippen molar-refractivity contribution in [1.82, 2.24) is 14.8 Å². The van der Waals surface area contributed by atoms with Crippen LogP contribution in [0.1, 0.15) is 22.3 Å². The van der Waals surface area contributed by atoms with Crippen molar-refractivity contribution in [2.45, 2.75) is 13.8 Å². The SMILES string of the molecule is CC(=O)Nc1ccc(-c2nc(C(=O)N3CCN(C=O)CC3)c(C)s2)cc1. The summed E-state index contributed by atoms with van der Waals surface area (Å²) in [6, 6.07) is 7.38. The number of benzene rings is 1. The average molecular weight is 372 g/mol. The third-order valence-corrected chi connectivity index (χ3v) is 5.22. The Hall–Kier alpha value is -2.74. The lowest BCUT2D eigenvalue weighted by Crippen LogP contribution is -2.48. The van der Waals surface area contributed by atoms with E-state index >= 15 is 0 Å². The van der Waals surface area contributed by atoms with E-state index in [4.69, 9.17) is 0 Å². The van der Waals surface area contributed by atoms with Gasteiger partial charge in [-0.1, -0.05) is 0 Å². The van der Waals surface area contributed by atoms with E-state index in [1.165, 1.54) is 18.3 Å². The number of aromatic nitrogens is 1. The fraction of sp³-hybridized carbons (Fsp3) is 0.333. The van der Waals surface area contributed by atoms with Gasteiger partial charge in [0.15, 0.2) is 0 Å². The summed E-state index contributed by atoms with van der Waals surface area (Å²) in [5, 5.41) is 3.49. The van der Waals surface area contributed by atoms with Gasteiger partial charge in [0, 0.05) is 49.2 Å². The Balaban J connectivity index is 1.75. The molecule has 0 saturated carbocycles. The molecule has 1 fully saturated rings. The summed E-state index contributed by atoms with van der Waals surface area (Å²) >= 11 is 1.47. The van der Waals surface area contributed by atoms with E-state index < -0.39 is 0 Å². The number of hydrogen-bond acceptors (Lipinski definition) is 5. The van der Waals surface area contributed by atoms with Crippen molar-refractivity contribution in [1.29, 1.82) is 0 Å². The first-order chi connectivity index (χ1) is 12.5. The quantitative estimate of drug-likeness (QED) is 0.832. The molecule has 3 rings (SSSR count). The van der Waals surface area contributed by atoms with Crippen LogP contribution in [0.2, 0.25) is 0 Å². The minimum absolute atomic E-state index is 0.0922. The summed E-state index contributed by atoms with van der Waals surface area (Å²) in [7, 11) is 0. The van der Waals surface area contributed by atoms with Crippen LogP contribution < -0.4 is 5.32 Å². The molecule has 0 bridgehead atoms. The number of nitrogens with one attached hydrogen (secondary N) is 1. The molecule has 1 N–H and O–H groups in total. The molecule has 1 aliphatic rings. The number of piperazine rings is 1. The lowest BCUT2D eigenvalue weighted by atomic mass is 10.2. The van der Waals surface area contributed by atoms with Gasteiger partial charge in [0.2, 0.25) is 12.3 Å². The smallest absolute Gasteiger partial charge is 0.273 e. The number of amides is 3. The van der Waals surface area contributed by atoms with Crippen LogP contribution in [-0.4, -0.2) is 59.2 Å². The van der Waals surface area contributed by atoms with Crippen molar-refractivity contribution < 1.29 is 14.4 Å². The number of nitrogens with zero attached hydrogens (tertiary/aromatic N) is 3. The fourth-order valence-corrected chi connectivity index (χ4v) is 3.71. The molecular formula is C18H20N4O3S. The molecule has 0 spiro atoms. The van der Waals surface area contributed by atoms with Gasteiger partial charge < -0.3 is 15.1 Å². The number of thiazole rings is 1. The van der Waals surface area contributed by atoms with Crippen LogP contribution in [0, 0.1) is 6.92 Å². The first-order valence-corrected chi connectivity index (χ1v) is 9.13. The zero-order valence-corrected chi connectivity index (χ0v) is 15.5. The molecule has 0 unspecified atom stereocenters. The summed E-state index contributed by atoms with van der Waals surface area (Å²) in [5.41, 5.74) is 2.09. The van der Waals surface area contributed by atoms with Gasteiger partial charge in [-0.25, -0.2) is 4.98 Å². The maximum absolute atomic E-state index is 12.8. The summed E-state index contributed by atoms with van der Waals surface area (Å²) in [6.07, 6.45) is 0.818. The van der Waals surface area contributed by atoms with Gasteiger partial charge in [0.05, 0.1) is 0 Å². The van der Waals surface area contributed by atoms with Crippen molar-refractivity contribution in [2.24, 2.45) is 0 Å². The van der Waals surface area contributed by atoms with Gasteiger partial charge in [-0.2, -0.15) is 0 Å². The number of anilines is 1. The number of carbonyl (C=O) groups is 3. The van der Waals surface area contributed by atoms with Crippen LogP contribution in [0.25, 0.3) is 10.6 Å². The first kappa shape index (κ1) is 18.1. The van der Waals surface area contributed by atoms with Gasteiger partial charge in [-0.15, -0.1) is 11.3 Å². The Kier molecular flexibility index (Phi) is 5.32. The maximum atomic E-state index is 12.8. The first-order valence-electron chi connectivity index (χ1n) is 8.32. The van der Waals surface area contributed by atoms with Crippen molar-refractivity contribution >= 4 is 35.2 Å². The molecule has 3 amide bonds. The second-order valence-corrected chi connectivity index (χ2v) is 7.32. The predicted octanol–water partition coefficient (Wildman–Crippen LogP) is 1.99. The Morgan fingerprint density at radius 1 is 1.15 bits per heavy atom. The summed E-state index contributed by atoms with van der Waals surface area (Å²) in [5.74, 6) is -0.212.